The van der Waals surface area contributed by atoms with Crippen LogP contribution in [0.4, 0.5) is 29.5 Å². The third kappa shape index (κ3) is 3.37. The third-order valence-electron chi connectivity index (χ3n) is 4.91. The highest BCUT2D eigenvalue weighted by Crippen LogP contribution is 2.38. The molecule has 2 atom stereocenters. The summed E-state index contributed by atoms with van der Waals surface area (Å²) < 4.78 is 53.2. The monoisotopic (exact) mass is 425 g/mol. The van der Waals surface area contributed by atoms with E-state index in [0.29, 0.717) is 6.54 Å². The maximum absolute atomic E-state index is 14.7. The highest BCUT2D eigenvalue weighted by atomic mass is 19.3. The van der Waals surface area contributed by atoms with Crippen LogP contribution in [0.15, 0.2) is 18.3 Å². The number of amides is 2. The van der Waals surface area contributed by atoms with E-state index in [9.17, 15) is 22.8 Å². The summed E-state index contributed by atoms with van der Waals surface area (Å²) >= 11 is 0. The van der Waals surface area contributed by atoms with Gasteiger partial charge >= 0.3 is 6.09 Å². The van der Waals surface area contributed by atoms with Crippen molar-refractivity contribution in [1.82, 2.24) is 9.55 Å². The molecule has 12 heteroatoms. The first kappa shape index (κ1) is 19.9. The Morgan fingerprint density at radius 3 is 2.83 bits per heavy atom. The first-order valence-corrected chi connectivity index (χ1v) is 9.10. The van der Waals surface area contributed by atoms with Gasteiger partial charge in [0.25, 0.3) is 6.43 Å². The fraction of sp³-hybridized carbons (Fsp3) is 0.389. The molecule has 1 saturated heterocycles. The molecule has 1 aromatic carbocycles. The molecule has 2 aliphatic heterocycles. The summed E-state index contributed by atoms with van der Waals surface area (Å²) in [5.41, 5.74) is 5.49. The summed E-state index contributed by atoms with van der Waals surface area (Å²) in [5.74, 6) is -0.832. The number of nitrogens with zero attached hydrogens (tertiary/aromatic N) is 3. The fourth-order valence-corrected chi connectivity index (χ4v) is 3.31. The number of nitrogens with two attached hydrogens (primary N) is 1. The fourth-order valence-electron chi connectivity index (χ4n) is 3.31. The van der Waals surface area contributed by atoms with Crippen molar-refractivity contribution in [3.63, 3.8) is 0 Å². The third-order valence-corrected chi connectivity index (χ3v) is 4.91. The van der Waals surface area contributed by atoms with Crippen molar-refractivity contribution in [2.24, 2.45) is 5.73 Å². The average Bonchev–Trinajstić information content (AvgIpc) is 3.23. The number of rotatable bonds is 5. The Hall–Kier alpha value is -3.44. The van der Waals surface area contributed by atoms with E-state index in [-0.39, 0.29) is 35.2 Å². The lowest BCUT2D eigenvalue weighted by atomic mass is 10.1. The van der Waals surface area contributed by atoms with E-state index in [1.807, 2.05) is 0 Å². The van der Waals surface area contributed by atoms with Crippen LogP contribution in [0.25, 0.3) is 11.4 Å². The van der Waals surface area contributed by atoms with Gasteiger partial charge in [0.15, 0.2) is 5.82 Å². The highest BCUT2D eigenvalue weighted by Gasteiger charge is 2.42. The maximum atomic E-state index is 14.7. The molecule has 2 aromatic rings. The first-order chi connectivity index (χ1) is 14.3. The summed E-state index contributed by atoms with van der Waals surface area (Å²) in [6, 6.07) is 0.266. The molecule has 3 N–H and O–H groups in total. The van der Waals surface area contributed by atoms with Crippen molar-refractivity contribution in [2.45, 2.75) is 32.0 Å². The SMILES string of the molecule is C[C@H](Nc1cc2c(cc1F)-c1nc(N3C(=O)OCC3C(F)F)cn1CCO2)C(N)=O. The molecule has 0 spiro atoms. The van der Waals surface area contributed by atoms with Crippen molar-refractivity contribution in [3.05, 3.63) is 24.1 Å². The van der Waals surface area contributed by atoms with E-state index in [4.69, 9.17) is 15.2 Å². The zero-order valence-electron chi connectivity index (χ0n) is 15.8. The molecule has 2 amide bonds. The van der Waals surface area contributed by atoms with Crippen molar-refractivity contribution in [1.29, 1.82) is 0 Å². The summed E-state index contributed by atoms with van der Waals surface area (Å²) in [4.78, 5) is 28.3. The lowest BCUT2D eigenvalue weighted by Gasteiger charge is -2.18. The van der Waals surface area contributed by atoms with Crippen molar-refractivity contribution < 1.29 is 32.2 Å². The Kier molecular flexibility index (Phi) is 4.92. The number of carbonyl (C=O) groups is 2. The standard InChI is InChI=1S/C18H18F3N5O4/c1-8(16(22)27)23-11-5-13-9(4-10(11)19)17-24-14(6-25(17)2-3-29-13)26-12(15(20)21)7-30-18(26)28/h4-6,8,12,15,23H,2-3,7H2,1H3,(H2,22,27)/t8-,12?/m0/s1. The number of aromatic nitrogens is 2. The Morgan fingerprint density at radius 1 is 1.37 bits per heavy atom. The number of alkyl halides is 2. The summed E-state index contributed by atoms with van der Waals surface area (Å²) in [7, 11) is 0. The van der Waals surface area contributed by atoms with Crippen molar-refractivity contribution in [2.75, 3.05) is 23.4 Å². The molecule has 0 saturated carbocycles. The summed E-state index contributed by atoms with van der Waals surface area (Å²) in [6.45, 7) is 1.53. The van der Waals surface area contributed by atoms with Gasteiger partial charge in [0.05, 0.1) is 17.8 Å². The minimum absolute atomic E-state index is 0.0150. The predicted molar refractivity (Wildman–Crippen MR) is 99.0 cm³/mol. The lowest BCUT2D eigenvalue weighted by molar-refractivity contribution is -0.118. The number of nitrogens with one attached hydrogen (secondary N) is 1. The molecule has 2 aliphatic rings. The maximum Gasteiger partial charge on any atom is 0.416 e. The number of cyclic esters (lactones) is 1. The van der Waals surface area contributed by atoms with Crippen LogP contribution in [0.2, 0.25) is 0 Å². The number of fused-ring (bicyclic) bond motifs is 3. The van der Waals surface area contributed by atoms with E-state index < -0.39 is 42.9 Å². The molecule has 1 unspecified atom stereocenters. The minimum Gasteiger partial charge on any atom is -0.491 e. The number of ether oxygens (including phenoxy) is 2. The zero-order valence-corrected chi connectivity index (χ0v) is 15.8. The van der Waals surface area contributed by atoms with E-state index in [1.54, 1.807) is 4.57 Å². The molecule has 4 rings (SSSR count). The van der Waals surface area contributed by atoms with E-state index in [0.717, 1.165) is 11.0 Å². The molecule has 1 fully saturated rings. The molecule has 160 valence electrons. The van der Waals surface area contributed by atoms with Gasteiger partial charge in [-0.15, -0.1) is 0 Å². The quantitative estimate of drug-likeness (QED) is 0.758. The number of halogens is 3. The number of anilines is 2. The van der Waals surface area contributed by atoms with Crippen LogP contribution < -0.4 is 20.7 Å². The Labute approximate surface area is 168 Å². The highest BCUT2D eigenvalue weighted by molar-refractivity contribution is 5.90. The van der Waals surface area contributed by atoms with Crippen LogP contribution in [-0.4, -0.2) is 53.3 Å². The van der Waals surface area contributed by atoms with Crippen LogP contribution >= 0.6 is 0 Å². The second-order valence-corrected chi connectivity index (χ2v) is 6.91. The van der Waals surface area contributed by atoms with Crippen molar-refractivity contribution >= 4 is 23.5 Å². The van der Waals surface area contributed by atoms with Crippen LogP contribution in [0.1, 0.15) is 6.92 Å². The van der Waals surface area contributed by atoms with Gasteiger partial charge in [-0.05, 0) is 13.0 Å². The molecule has 0 radical (unpaired) electrons. The smallest absolute Gasteiger partial charge is 0.416 e. The Balaban J connectivity index is 1.73. The minimum atomic E-state index is -2.81. The molecule has 0 aliphatic carbocycles. The van der Waals surface area contributed by atoms with Gasteiger partial charge in [0, 0.05) is 12.3 Å². The number of benzene rings is 1. The number of primary amides is 1. The zero-order chi connectivity index (χ0) is 21.6. The van der Waals surface area contributed by atoms with E-state index >= 15 is 0 Å². The van der Waals surface area contributed by atoms with Crippen LogP contribution in [-0.2, 0) is 16.1 Å². The normalized spacial score (nSPS) is 18.9. The topological polar surface area (TPSA) is 112 Å². The molecular weight excluding hydrogens is 407 g/mol. The first-order valence-electron chi connectivity index (χ1n) is 9.10. The van der Waals surface area contributed by atoms with Gasteiger partial charge in [-0.2, -0.15) is 0 Å². The van der Waals surface area contributed by atoms with Gasteiger partial charge in [0.2, 0.25) is 5.91 Å². The average molecular weight is 425 g/mol. The van der Waals surface area contributed by atoms with Gasteiger partial charge in [-0.1, -0.05) is 0 Å². The Morgan fingerprint density at radius 2 is 2.13 bits per heavy atom. The lowest BCUT2D eigenvalue weighted by Crippen LogP contribution is -2.38. The molecule has 30 heavy (non-hydrogen) atoms. The molecule has 3 heterocycles. The largest absolute Gasteiger partial charge is 0.491 e. The van der Waals surface area contributed by atoms with E-state index in [2.05, 4.69) is 10.3 Å². The second kappa shape index (κ2) is 7.43. The van der Waals surface area contributed by atoms with E-state index in [1.165, 1.54) is 19.2 Å². The number of hydrogen-bond acceptors (Lipinski definition) is 6. The van der Waals surface area contributed by atoms with Gasteiger partial charge in [-0.3, -0.25) is 4.79 Å². The molecule has 1 aromatic heterocycles. The van der Waals surface area contributed by atoms with Gasteiger partial charge in [-0.25, -0.2) is 27.8 Å². The second-order valence-electron chi connectivity index (χ2n) is 6.91. The number of hydrogen-bond donors (Lipinski definition) is 2. The predicted octanol–water partition coefficient (Wildman–Crippen LogP) is 1.96. The van der Waals surface area contributed by atoms with Crippen LogP contribution in [0.3, 0.4) is 0 Å². The van der Waals surface area contributed by atoms with Gasteiger partial charge < -0.3 is 25.1 Å². The molecule has 9 nitrogen and oxygen atoms in total. The number of carbonyl (C=O) groups excluding carboxylic acids is 2. The van der Waals surface area contributed by atoms with Crippen LogP contribution in [0, 0.1) is 5.82 Å². The van der Waals surface area contributed by atoms with Gasteiger partial charge in [0.1, 0.15) is 42.7 Å². The molecule has 0 bridgehead atoms. The van der Waals surface area contributed by atoms with Crippen LogP contribution in [0.5, 0.6) is 5.75 Å². The molecular formula is C18H18F3N5O4. The Bertz CT molecular complexity index is 1010. The summed E-state index contributed by atoms with van der Waals surface area (Å²) in [6.07, 6.45) is -2.31. The summed E-state index contributed by atoms with van der Waals surface area (Å²) in [5, 5.41) is 2.67. The number of imidazole rings is 1. The van der Waals surface area contributed by atoms with Crippen molar-refractivity contribution in [3.8, 4) is 17.1 Å².